The SMILES string of the molecule is CCCn1c(NC)nc2nc(-c3cnn(Cc4cccc(C(F)(F)F)c4)c3)[nH]c2c1=O. The quantitative estimate of drug-likeness (QED) is 0.487. The monoisotopic (exact) mass is 431 g/mol. The Bertz CT molecular complexity index is 1290. The third-order valence-electron chi connectivity index (χ3n) is 4.79. The lowest BCUT2D eigenvalue weighted by Gasteiger charge is -2.09. The molecule has 0 saturated carbocycles. The van der Waals surface area contributed by atoms with Crippen molar-refractivity contribution >= 4 is 17.1 Å². The number of aromatic amines is 1. The molecule has 3 aromatic heterocycles. The second kappa shape index (κ2) is 7.89. The van der Waals surface area contributed by atoms with Crippen molar-refractivity contribution < 1.29 is 13.2 Å². The van der Waals surface area contributed by atoms with Gasteiger partial charge in [-0.05, 0) is 24.1 Å². The van der Waals surface area contributed by atoms with E-state index in [2.05, 4.69) is 25.4 Å². The number of benzene rings is 1. The van der Waals surface area contributed by atoms with E-state index in [-0.39, 0.29) is 23.3 Å². The number of fused-ring (bicyclic) bond motifs is 1. The Morgan fingerprint density at radius 1 is 1.23 bits per heavy atom. The molecule has 3 heterocycles. The van der Waals surface area contributed by atoms with Crippen LogP contribution in [-0.2, 0) is 19.3 Å². The zero-order chi connectivity index (χ0) is 22.2. The maximum atomic E-state index is 12.9. The van der Waals surface area contributed by atoms with Crippen LogP contribution in [0.4, 0.5) is 19.1 Å². The topological polar surface area (TPSA) is 93.4 Å². The average molecular weight is 431 g/mol. The highest BCUT2D eigenvalue weighted by Crippen LogP contribution is 2.29. The maximum absolute atomic E-state index is 12.9. The van der Waals surface area contributed by atoms with E-state index in [0.29, 0.717) is 29.4 Å². The van der Waals surface area contributed by atoms with Gasteiger partial charge in [-0.2, -0.15) is 23.3 Å². The van der Waals surface area contributed by atoms with E-state index < -0.39 is 11.7 Å². The number of nitrogens with one attached hydrogen (secondary N) is 2. The van der Waals surface area contributed by atoms with Crippen LogP contribution >= 0.6 is 0 Å². The fourth-order valence-electron chi connectivity index (χ4n) is 3.35. The third-order valence-corrected chi connectivity index (χ3v) is 4.79. The minimum Gasteiger partial charge on any atom is -0.359 e. The van der Waals surface area contributed by atoms with Crippen molar-refractivity contribution in [3.05, 3.63) is 58.1 Å². The number of hydrogen-bond acceptors (Lipinski definition) is 5. The number of hydrogen-bond donors (Lipinski definition) is 2. The summed E-state index contributed by atoms with van der Waals surface area (Å²) in [5.41, 5.74) is 0.695. The molecular weight excluding hydrogens is 411 g/mol. The predicted octanol–water partition coefficient (Wildman–Crippen LogP) is 3.50. The summed E-state index contributed by atoms with van der Waals surface area (Å²) >= 11 is 0. The number of imidazole rings is 1. The van der Waals surface area contributed by atoms with Gasteiger partial charge in [0.05, 0.1) is 23.9 Å². The van der Waals surface area contributed by atoms with Crippen LogP contribution in [0.1, 0.15) is 24.5 Å². The van der Waals surface area contributed by atoms with Gasteiger partial charge in [0.25, 0.3) is 5.56 Å². The molecule has 0 amide bonds. The van der Waals surface area contributed by atoms with Crippen LogP contribution in [0.2, 0.25) is 0 Å². The van der Waals surface area contributed by atoms with Gasteiger partial charge in [-0.1, -0.05) is 19.1 Å². The molecule has 0 radical (unpaired) electrons. The normalized spacial score (nSPS) is 11.9. The van der Waals surface area contributed by atoms with E-state index in [4.69, 9.17) is 0 Å². The Balaban J connectivity index is 1.65. The lowest BCUT2D eigenvalue weighted by atomic mass is 10.1. The molecule has 0 fully saturated rings. The number of rotatable bonds is 6. The number of alkyl halides is 3. The first kappa shape index (κ1) is 20.6. The highest BCUT2D eigenvalue weighted by molar-refractivity contribution is 5.75. The molecule has 1 aromatic carbocycles. The first-order chi connectivity index (χ1) is 14.8. The fourth-order valence-corrected chi connectivity index (χ4v) is 3.35. The number of halogens is 3. The maximum Gasteiger partial charge on any atom is 0.416 e. The molecule has 8 nitrogen and oxygen atoms in total. The molecule has 11 heteroatoms. The van der Waals surface area contributed by atoms with Gasteiger partial charge in [0.15, 0.2) is 11.2 Å². The van der Waals surface area contributed by atoms with Crippen LogP contribution in [0.5, 0.6) is 0 Å². The summed E-state index contributed by atoms with van der Waals surface area (Å²) in [5, 5.41) is 7.12. The summed E-state index contributed by atoms with van der Waals surface area (Å²) in [6.07, 6.45) is -0.440. The minimum atomic E-state index is -4.40. The Morgan fingerprint density at radius 3 is 2.74 bits per heavy atom. The van der Waals surface area contributed by atoms with Crippen molar-refractivity contribution in [3.8, 4) is 11.4 Å². The van der Waals surface area contributed by atoms with E-state index in [0.717, 1.165) is 18.6 Å². The molecule has 0 saturated heterocycles. The molecule has 0 aliphatic heterocycles. The average Bonchev–Trinajstić information content (AvgIpc) is 3.36. The molecule has 4 aromatic rings. The second-order valence-electron chi connectivity index (χ2n) is 7.05. The number of anilines is 1. The Labute approximate surface area is 174 Å². The second-order valence-corrected chi connectivity index (χ2v) is 7.05. The van der Waals surface area contributed by atoms with Crippen LogP contribution in [0, 0.1) is 0 Å². The molecule has 162 valence electrons. The van der Waals surface area contributed by atoms with Crippen LogP contribution in [-0.4, -0.2) is 36.3 Å². The summed E-state index contributed by atoms with van der Waals surface area (Å²) < 4.78 is 41.8. The highest BCUT2D eigenvalue weighted by Gasteiger charge is 2.30. The van der Waals surface area contributed by atoms with Gasteiger partial charge >= 0.3 is 6.18 Å². The van der Waals surface area contributed by atoms with E-state index >= 15 is 0 Å². The van der Waals surface area contributed by atoms with Crippen molar-refractivity contribution in [2.75, 3.05) is 12.4 Å². The summed E-state index contributed by atoms with van der Waals surface area (Å²) in [7, 11) is 1.69. The van der Waals surface area contributed by atoms with Crippen LogP contribution in [0.25, 0.3) is 22.6 Å². The third kappa shape index (κ3) is 4.03. The Kier molecular flexibility index (Phi) is 5.25. The predicted molar refractivity (Wildman–Crippen MR) is 110 cm³/mol. The molecule has 0 spiro atoms. The van der Waals surface area contributed by atoms with Crippen molar-refractivity contribution in [2.24, 2.45) is 0 Å². The number of nitrogens with zero attached hydrogens (tertiary/aromatic N) is 5. The Hall–Kier alpha value is -3.63. The van der Waals surface area contributed by atoms with Crippen molar-refractivity contribution in [1.82, 2.24) is 29.3 Å². The lowest BCUT2D eigenvalue weighted by Crippen LogP contribution is -2.24. The van der Waals surface area contributed by atoms with Crippen LogP contribution in [0.15, 0.2) is 41.5 Å². The largest absolute Gasteiger partial charge is 0.416 e. The van der Waals surface area contributed by atoms with Crippen molar-refractivity contribution in [3.63, 3.8) is 0 Å². The smallest absolute Gasteiger partial charge is 0.359 e. The lowest BCUT2D eigenvalue weighted by molar-refractivity contribution is -0.137. The molecule has 0 aliphatic rings. The molecule has 0 aliphatic carbocycles. The zero-order valence-electron chi connectivity index (χ0n) is 16.9. The van der Waals surface area contributed by atoms with Gasteiger partial charge in [-0.3, -0.25) is 14.0 Å². The fraction of sp³-hybridized carbons (Fsp3) is 0.300. The van der Waals surface area contributed by atoms with Gasteiger partial charge in [0.2, 0.25) is 5.95 Å². The van der Waals surface area contributed by atoms with E-state index in [9.17, 15) is 18.0 Å². The molecule has 0 atom stereocenters. The van der Waals surface area contributed by atoms with Gasteiger partial charge in [0.1, 0.15) is 5.82 Å². The standard InChI is InChI=1S/C20H20F3N7O/c1-3-7-30-18(31)15-17(28-19(30)24-2)27-16(26-15)13-9-25-29(11-13)10-12-5-4-6-14(8-12)20(21,22)23/h4-6,8-9,11H,3,7,10H2,1-2H3,(H,24,28)(H,26,27). The minimum absolute atomic E-state index is 0.162. The first-order valence-corrected chi connectivity index (χ1v) is 9.67. The van der Waals surface area contributed by atoms with E-state index in [1.165, 1.54) is 16.9 Å². The number of H-pyrrole nitrogens is 1. The van der Waals surface area contributed by atoms with Gasteiger partial charge in [0, 0.05) is 19.8 Å². The van der Waals surface area contributed by atoms with Crippen molar-refractivity contribution in [1.29, 1.82) is 0 Å². The summed E-state index contributed by atoms with van der Waals surface area (Å²) in [6, 6.07) is 5.11. The van der Waals surface area contributed by atoms with Crippen LogP contribution < -0.4 is 10.9 Å². The summed E-state index contributed by atoms with van der Waals surface area (Å²) in [6.45, 7) is 2.64. The van der Waals surface area contributed by atoms with E-state index in [1.54, 1.807) is 23.9 Å². The Morgan fingerprint density at radius 2 is 2.03 bits per heavy atom. The van der Waals surface area contributed by atoms with Gasteiger partial charge < -0.3 is 10.3 Å². The highest BCUT2D eigenvalue weighted by atomic mass is 19.4. The van der Waals surface area contributed by atoms with Gasteiger partial charge in [-0.25, -0.2) is 4.98 Å². The molecular formula is C20H20F3N7O. The number of aromatic nitrogens is 6. The van der Waals surface area contributed by atoms with E-state index in [1.807, 2.05) is 6.92 Å². The first-order valence-electron chi connectivity index (χ1n) is 9.67. The van der Waals surface area contributed by atoms with Crippen LogP contribution in [0.3, 0.4) is 0 Å². The molecule has 4 rings (SSSR count). The molecule has 0 bridgehead atoms. The molecule has 0 unspecified atom stereocenters. The van der Waals surface area contributed by atoms with Gasteiger partial charge in [-0.15, -0.1) is 0 Å². The molecule has 31 heavy (non-hydrogen) atoms. The summed E-state index contributed by atoms with van der Waals surface area (Å²) in [4.78, 5) is 24.6. The summed E-state index contributed by atoms with van der Waals surface area (Å²) in [5.74, 6) is 0.837. The zero-order valence-corrected chi connectivity index (χ0v) is 16.9. The van der Waals surface area contributed by atoms with Crippen molar-refractivity contribution in [2.45, 2.75) is 32.6 Å². The molecule has 2 N–H and O–H groups in total.